The Morgan fingerprint density at radius 2 is 2.04 bits per heavy atom. The van der Waals surface area contributed by atoms with Crippen LogP contribution >= 0.6 is 0 Å². The monoisotopic (exact) mass is 382 g/mol. The molecule has 0 amide bonds. The van der Waals surface area contributed by atoms with Gasteiger partial charge in [0.25, 0.3) is 0 Å². The minimum atomic E-state index is -0.817. The average molecular weight is 382 g/mol. The number of hydrogen-bond acceptors (Lipinski definition) is 6. The maximum Gasteiger partial charge on any atom is 0.231 e. The number of likely N-dealkylation sites (tertiary alicyclic amines) is 1. The van der Waals surface area contributed by atoms with Gasteiger partial charge in [0.05, 0.1) is 12.8 Å². The molecule has 0 unspecified atom stereocenters. The molecule has 3 aliphatic rings. The molecule has 6 heteroatoms. The highest BCUT2D eigenvalue weighted by molar-refractivity contribution is 5.55. The number of rotatable bonds is 4. The molecule has 148 valence electrons. The molecule has 1 aromatic heterocycles. The first-order valence-electron chi connectivity index (χ1n) is 10.0. The van der Waals surface area contributed by atoms with Gasteiger partial charge in [-0.2, -0.15) is 0 Å². The van der Waals surface area contributed by atoms with E-state index in [0.717, 1.165) is 49.5 Å². The number of nitrogens with zero attached hydrogens (tertiary/aromatic N) is 2. The van der Waals surface area contributed by atoms with Crippen molar-refractivity contribution in [2.45, 2.75) is 31.4 Å². The molecular formula is C22H26N2O4. The van der Waals surface area contributed by atoms with Crippen molar-refractivity contribution in [3.63, 3.8) is 0 Å². The predicted molar refractivity (Wildman–Crippen MR) is 103 cm³/mol. The van der Waals surface area contributed by atoms with Gasteiger partial charge in [-0.1, -0.05) is 12.5 Å². The van der Waals surface area contributed by atoms with E-state index in [9.17, 15) is 5.11 Å². The molecule has 2 atom stereocenters. The van der Waals surface area contributed by atoms with Crippen LogP contribution in [0.1, 0.15) is 30.5 Å². The molecule has 1 saturated carbocycles. The molecule has 0 radical (unpaired) electrons. The Labute approximate surface area is 165 Å². The van der Waals surface area contributed by atoms with E-state index in [2.05, 4.69) is 9.88 Å². The highest BCUT2D eigenvalue weighted by atomic mass is 16.7. The van der Waals surface area contributed by atoms with Crippen molar-refractivity contribution in [1.29, 1.82) is 0 Å². The van der Waals surface area contributed by atoms with Crippen LogP contribution in [0.4, 0.5) is 0 Å². The summed E-state index contributed by atoms with van der Waals surface area (Å²) in [5, 5.41) is 11.7. The van der Waals surface area contributed by atoms with Crippen LogP contribution in [-0.4, -0.2) is 42.0 Å². The number of benzene rings is 1. The van der Waals surface area contributed by atoms with Gasteiger partial charge in [0.15, 0.2) is 11.5 Å². The minimum Gasteiger partial charge on any atom is -0.493 e. The molecule has 5 rings (SSSR count). The van der Waals surface area contributed by atoms with E-state index < -0.39 is 5.60 Å². The zero-order valence-electron chi connectivity index (χ0n) is 16.1. The number of ether oxygens (including phenoxy) is 3. The van der Waals surface area contributed by atoms with Gasteiger partial charge in [-0.3, -0.25) is 9.88 Å². The molecule has 6 nitrogen and oxygen atoms in total. The maximum absolute atomic E-state index is 11.7. The van der Waals surface area contributed by atoms with E-state index in [1.54, 1.807) is 13.3 Å². The summed E-state index contributed by atoms with van der Waals surface area (Å²) in [4.78, 5) is 6.96. The lowest BCUT2D eigenvalue weighted by atomic mass is 9.64. The quantitative estimate of drug-likeness (QED) is 0.877. The summed E-state index contributed by atoms with van der Waals surface area (Å²) in [6.07, 6.45) is 5.03. The first-order valence-corrected chi connectivity index (χ1v) is 10.0. The average Bonchev–Trinajstić information content (AvgIpc) is 3.17. The summed E-state index contributed by atoms with van der Waals surface area (Å²) >= 11 is 0. The third kappa shape index (κ3) is 2.83. The van der Waals surface area contributed by atoms with Gasteiger partial charge in [0, 0.05) is 37.7 Å². The van der Waals surface area contributed by atoms with Gasteiger partial charge in [0.2, 0.25) is 12.5 Å². The Morgan fingerprint density at radius 3 is 2.75 bits per heavy atom. The first-order chi connectivity index (χ1) is 13.7. The van der Waals surface area contributed by atoms with Crippen LogP contribution in [0.5, 0.6) is 17.2 Å². The predicted octanol–water partition coefficient (Wildman–Crippen LogP) is 2.94. The first kappa shape index (κ1) is 17.8. The van der Waals surface area contributed by atoms with E-state index in [1.807, 2.05) is 30.3 Å². The number of pyridine rings is 1. The summed E-state index contributed by atoms with van der Waals surface area (Å²) < 4.78 is 16.5. The number of aromatic nitrogens is 1. The van der Waals surface area contributed by atoms with Gasteiger partial charge in [-0.05, 0) is 42.7 Å². The van der Waals surface area contributed by atoms with Gasteiger partial charge < -0.3 is 19.3 Å². The fraction of sp³-hybridized carbons (Fsp3) is 0.500. The third-order valence-electron chi connectivity index (χ3n) is 6.51. The van der Waals surface area contributed by atoms with Gasteiger partial charge >= 0.3 is 0 Å². The highest BCUT2D eigenvalue weighted by Crippen LogP contribution is 2.49. The smallest absolute Gasteiger partial charge is 0.231 e. The van der Waals surface area contributed by atoms with Crippen LogP contribution in [0.2, 0.25) is 0 Å². The number of hydrogen-bond donors (Lipinski definition) is 1. The second kappa shape index (κ2) is 6.94. The topological polar surface area (TPSA) is 64.1 Å². The molecular weight excluding hydrogens is 356 g/mol. The molecule has 1 N–H and O–H groups in total. The van der Waals surface area contributed by atoms with E-state index >= 15 is 0 Å². The lowest BCUT2D eigenvalue weighted by Gasteiger charge is -2.52. The van der Waals surface area contributed by atoms with Gasteiger partial charge in [-0.15, -0.1) is 0 Å². The zero-order chi connectivity index (χ0) is 19.1. The Hall–Kier alpha value is -2.31. The van der Waals surface area contributed by atoms with Crippen LogP contribution in [0.15, 0.2) is 36.5 Å². The number of piperidine rings is 1. The van der Waals surface area contributed by atoms with Crippen molar-refractivity contribution in [2.75, 3.05) is 27.0 Å². The molecule has 1 aromatic carbocycles. The van der Waals surface area contributed by atoms with Gasteiger partial charge in [-0.25, -0.2) is 0 Å². The van der Waals surface area contributed by atoms with E-state index in [4.69, 9.17) is 14.2 Å². The zero-order valence-corrected chi connectivity index (χ0v) is 16.1. The lowest BCUT2D eigenvalue weighted by Crippen LogP contribution is -2.58. The third-order valence-corrected chi connectivity index (χ3v) is 6.51. The van der Waals surface area contributed by atoms with Crippen molar-refractivity contribution in [3.05, 3.63) is 47.8 Å². The maximum atomic E-state index is 11.7. The van der Waals surface area contributed by atoms with Crippen LogP contribution in [0, 0.1) is 11.8 Å². The Morgan fingerprint density at radius 1 is 1.21 bits per heavy atom. The van der Waals surface area contributed by atoms with Crippen molar-refractivity contribution < 1.29 is 19.3 Å². The molecule has 0 spiro atoms. The molecule has 3 heterocycles. The molecule has 2 fully saturated rings. The summed E-state index contributed by atoms with van der Waals surface area (Å²) in [6.45, 7) is 2.76. The van der Waals surface area contributed by atoms with E-state index in [0.29, 0.717) is 11.5 Å². The Balaban J connectivity index is 1.39. The molecule has 1 saturated heterocycles. The van der Waals surface area contributed by atoms with E-state index in [1.165, 1.54) is 6.42 Å². The summed E-state index contributed by atoms with van der Waals surface area (Å²) in [7, 11) is 1.65. The van der Waals surface area contributed by atoms with Crippen LogP contribution in [0.3, 0.4) is 0 Å². The number of fused-ring (bicyclic) bond motifs is 3. The second-order valence-corrected chi connectivity index (χ2v) is 8.09. The largest absolute Gasteiger partial charge is 0.493 e. The standard InChI is InChI=1S/C22H26N2O4/c1-26-18-9-15(10-19-21(18)28-14-27-19)11-24-12-16-5-4-6-17(13-24)22(16,25)20-7-2-3-8-23-20/h2-3,7-10,16-17,25H,4-6,11-14H2,1H3/t16-,17-/m0/s1. The number of methoxy groups -OCH3 is 1. The molecule has 28 heavy (non-hydrogen) atoms. The SMILES string of the molecule is COc1cc(CN2C[C@@H]3CCC[C@@H](C2)C3(O)c2ccccn2)cc2c1OCO2. The summed E-state index contributed by atoms with van der Waals surface area (Å²) in [5.74, 6) is 2.55. The van der Waals surface area contributed by atoms with Crippen molar-refractivity contribution >= 4 is 0 Å². The minimum absolute atomic E-state index is 0.200. The summed E-state index contributed by atoms with van der Waals surface area (Å²) in [6, 6.07) is 9.93. The van der Waals surface area contributed by atoms with Crippen LogP contribution in [0.25, 0.3) is 0 Å². The lowest BCUT2D eigenvalue weighted by molar-refractivity contribution is -0.151. The van der Waals surface area contributed by atoms with Crippen molar-refractivity contribution in [3.8, 4) is 17.2 Å². The fourth-order valence-corrected chi connectivity index (χ4v) is 5.22. The normalized spacial score (nSPS) is 28.9. The molecule has 2 bridgehead atoms. The Bertz CT molecular complexity index is 843. The summed E-state index contributed by atoms with van der Waals surface area (Å²) in [5.41, 5.74) is 1.15. The van der Waals surface area contributed by atoms with Gasteiger partial charge in [0.1, 0.15) is 5.60 Å². The second-order valence-electron chi connectivity index (χ2n) is 8.09. The fourth-order valence-electron chi connectivity index (χ4n) is 5.22. The molecule has 2 aliphatic heterocycles. The number of aliphatic hydroxyl groups is 1. The molecule has 2 aromatic rings. The van der Waals surface area contributed by atoms with Crippen LogP contribution < -0.4 is 14.2 Å². The molecule has 1 aliphatic carbocycles. The van der Waals surface area contributed by atoms with E-state index in [-0.39, 0.29) is 18.6 Å². The van der Waals surface area contributed by atoms with Crippen molar-refractivity contribution in [1.82, 2.24) is 9.88 Å². The Kier molecular flexibility index (Phi) is 4.40. The highest BCUT2D eigenvalue weighted by Gasteiger charge is 2.52. The van der Waals surface area contributed by atoms with Crippen molar-refractivity contribution in [2.24, 2.45) is 11.8 Å². The van der Waals surface area contributed by atoms with Crippen LogP contribution in [-0.2, 0) is 12.1 Å².